The summed E-state index contributed by atoms with van der Waals surface area (Å²) in [6.07, 6.45) is 0.871. The number of halogens is 1. The van der Waals surface area contributed by atoms with Gasteiger partial charge in [-0.3, -0.25) is 0 Å². The van der Waals surface area contributed by atoms with E-state index >= 15 is 0 Å². The molecule has 8 heavy (non-hydrogen) atoms. The number of hydrogen-bond donors (Lipinski definition) is 2. The summed E-state index contributed by atoms with van der Waals surface area (Å²) in [7, 11) is -2.66. The van der Waals surface area contributed by atoms with E-state index in [1.165, 1.54) is 6.55 Å². The largest absolute Gasteiger partial charge is 0.411 e. The zero-order chi connectivity index (χ0) is 5.91. The first-order valence-electron chi connectivity index (χ1n) is 2.51. The van der Waals surface area contributed by atoms with E-state index in [1.54, 1.807) is 0 Å². The van der Waals surface area contributed by atoms with E-state index in [9.17, 15) is 0 Å². The molecule has 0 bridgehead atoms. The highest BCUT2D eigenvalue weighted by Gasteiger charge is 2.18. The fraction of sp³-hybridized carbons (Fsp3) is 1.00. The van der Waals surface area contributed by atoms with Gasteiger partial charge in [-0.05, 0) is 12.6 Å². The molecule has 0 aliphatic heterocycles. The summed E-state index contributed by atoms with van der Waals surface area (Å²) in [5, 5.41) is 0. The molecule has 0 aliphatic rings. The molecular weight excluding hydrogens is 144 g/mol. The van der Waals surface area contributed by atoms with Gasteiger partial charge in [-0.25, -0.2) is 0 Å². The number of rotatable bonds is 2. The highest BCUT2D eigenvalue weighted by molar-refractivity contribution is 6.63. The zero-order valence-electron chi connectivity index (χ0n) is 5.22. The van der Waals surface area contributed by atoms with Crippen molar-refractivity contribution in [2.75, 3.05) is 0 Å². The van der Waals surface area contributed by atoms with Gasteiger partial charge >= 0.3 is 8.56 Å². The van der Waals surface area contributed by atoms with Gasteiger partial charge in [0.25, 0.3) is 0 Å². The average molecular weight is 157 g/mol. The van der Waals surface area contributed by atoms with Crippen LogP contribution in [0.5, 0.6) is 0 Å². The highest BCUT2D eigenvalue weighted by atomic mass is 35.5. The van der Waals surface area contributed by atoms with Crippen LogP contribution in [0.25, 0.3) is 0 Å². The Hall–Kier alpha value is 0.427. The molecule has 0 amide bonds. The van der Waals surface area contributed by atoms with Crippen molar-refractivity contribution >= 4 is 21.0 Å². The molecule has 0 saturated heterocycles. The first-order valence-corrected chi connectivity index (χ1v) is 5.11. The van der Waals surface area contributed by atoms with Crippen LogP contribution in [0.3, 0.4) is 0 Å². The lowest BCUT2D eigenvalue weighted by molar-refractivity contribution is 0.369. The van der Waals surface area contributed by atoms with Crippen LogP contribution in [0, 0.1) is 0 Å². The maximum atomic E-state index is 8.71. The molecular formula is C4H13ClO2Si. The lowest BCUT2D eigenvalue weighted by Crippen LogP contribution is -2.28. The lowest BCUT2D eigenvalue weighted by atomic mass is 10.6. The van der Waals surface area contributed by atoms with Gasteiger partial charge in [-0.15, -0.1) is 12.4 Å². The summed E-state index contributed by atoms with van der Waals surface area (Å²) in [5.41, 5.74) is 0. The molecule has 0 rings (SSSR count). The Labute approximate surface area is 57.2 Å². The molecule has 2 nitrogen and oxygen atoms in total. The SMILES string of the molecule is CCC[Si](C)(O)O.Cl. The van der Waals surface area contributed by atoms with E-state index in [-0.39, 0.29) is 12.4 Å². The average Bonchev–Trinajstić information content (AvgIpc) is 1.30. The molecule has 0 aromatic carbocycles. The van der Waals surface area contributed by atoms with E-state index in [4.69, 9.17) is 9.59 Å². The molecule has 0 radical (unpaired) electrons. The van der Waals surface area contributed by atoms with Crippen LogP contribution in [-0.2, 0) is 0 Å². The molecule has 0 fully saturated rings. The quantitative estimate of drug-likeness (QED) is 0.583. The fourth-order valence-corrected chi connectivity index (χ4v) is 1.42. The van der Waals surface area contributed by atoms with E-state index in [0.29, 0.717) is 6.04 Å². The summed E-state index contributed by atoms with van der Waals surface area (Å²) >= 11 is 0. The monoisotopic (exact) mass is 156 g/mol. The van der Waals surface area contributed by atoms with Gasteiger partial charge < -0.3 is 9.59 Å². The van der Waals surface area contributed by atoms with Crippen molar-refractivity contribution in [1.82, 2.24) is 0 Å². The van der Waals surface area contributed by atoms with Crippen molar-refractivity contribution in [3.05, 3.63) is 0 Å². The van der Waals surface area contributed by atoms with Gasteiger partial charge in [0.1, 0.15) is 0 Å². The third kappa shape index (κ3) is 9.66. The molecule has 0 spiro atoms. The Morgan fingerprint density at radius 2 is 1.75 bits per heavy atom. The van der Waals surface area contributed by atoms with Crippen LogP contribution in [0.15, 0.2) is 0 Å². The summed E-state index contributed by atoms with van der Waals surface area (Å²) in [6.45, 7) is 3.47. The van der Waals surface area contributed by atoms with Gasteiger partial charge in [0.15, 0.2) is 0 Å². The summed E-state index contributed by atoms with van der Waals surface area (Å²) < 4.78 is 0. The second-order valence-electron chi connectivity index (χ2n) is 1.97. The van der Waals surface area contributed by atoms with Crippen LogP contribution in [-0.4, -0.2) is 18.2 Å². The Balaban J connectivity index is 0. The van der Waals surface area contributed by atoms with Crippen molar-refractivity contribution in [1.29, 1.82) is 0 Å². The van der Waals surface area contributed by atoms with Crippen LogP contribution in [0.4, 0.5) is 0 Å². The molecule has 0 aliphatic carbocycles. The van der Waals surface area contributed by atoms with E-state index in [0.717, 1.165) is 6.42 Å². The minimum atomic E-state index is -2.66. The predicted octanol–water partition coefficient (Wildman–Crippen LogP) is 0.875. The molecule has 0 aromatic heterocycles. The minimum absolute atomic E-state index is 0. The normalized spacial score (nSPS) is 10.5. The van der Waals surface area contributed by atoms with E-state index in [1.807, 2.05) is 6.92 Å². The molecule has 0 aromatic rings. The highest BCUT2D eigenvalue weighted by Crippen LogP contribution is 2.01. The van der Waals surface area contributed by atoms with Gasteiger partial charge in [-0.2, -0.15) is 0 Å². The first-order chi connectivity index (χ1) is 3.06. The van der Waals surface area contributed by atoms with Crippen LogP contribution >= 0.6 is 12.4 Å². The van der Waals surface area contributed by atoms with Crippen molar-refractivity contribution in [2.24, 2.45) is 0 Å². The minimum Gasteiger partial charge on any atom is -0.411 e. The third-order valence-electron chi connectivity index (χ3n) is 0.724. The summed E-state index contributed by atoms with van der Waals surface area (Å²) in [5.74, 6) is 0. The Morgan fingerprint density at radius 1 is 1.38 bits per heavy atom. The second-order valence-corrected chi connectivity index (χ2v) is 4.90. The molecule has 0 heterocycles. The van der Waals surface area contributed by atoms with E-state index in [2.05, 4.69) is 0 Å². The van der Waals surface area contributed by atoms with Crippen LogP contribution in [0.1, 0.15) is 13.3 Å². The number of hydrogen-bond acceptors (Lipinski definition) is 2. The smallest absolute Gasteiger partial charge is 0.329 e. The topological polar surface area (TPSA) is 40.5 Å². The Kier molecular flexibility index (Phi) is 6.08. The zero-order valence-corrected chi connectivity index (χ0v) is 7.03. The van der Waals surface area contributed by atoms with E-state index < -0.39 is 8.56 Å². The van der Waals surface area contributed by atoms with Gasteiger partial charge in [0, 0.05) is 0 Å². The molecule has 2 N–H and O–H groups in total. The van der Waals surface area contributed by atoms with Crippen LogP contribution in [0.2, 0.25) is 12.6 Å². The van der Waals surface area contributed by atoms with Gasteiger partial charge in [0.2, 0.25) is 0 Å². The molecule has 4 heteroatoms. The van der Waals surface area contributed by atoms with Gasteiger partial charge in [0.05, 0.1) is 0 Å². The van der Waals surface area contributed by atoms with Crippen molar-refractivity contribution < 1.29 is 9.59 Å². The Morgan fingerprint density at radius 3 is 1.75 bits per heavy atom. The lowest BCUT2D eigenvalue weighted by Gasteiger charge is -2.07. The molecule has 0 saturated carbocycles. The van der Waals surface area contributed by atoms with Crippen molar-refractivity contribution in [3.63, 3.8) is 0 Å². The summed E-state index contributed by atoms with van der Waals surface area (Å²) in [6, 6.07) is 0.590. The maximum Gasteiger partial charge on any atom is 0.329 e. The van der Waals surface area contributed by atoms with Crippen LogP contribution < -0.4 is 0 Å². The molecule has 0 atom stereocenters. The summed E-state index contributed by atoms with van der Waals surface area (Å²) in [4.78, 5) is 17.4. The fourth-order valence-electron chi connectivity index (χ4n) is 0.474. The van der Waals surface area contributed by atoms with Crippen molar-refractivity contribution in [2.45, 2.75) is 25.9 Å². The molecule has 52 valence electrons. The molecule has 0 unspecified atom stereocenters. The Bertz CT molecular complexity index is 52.5. The van der Waals surface area contributed by atoms with Crippen molar-refractivity contribution in [3.8, 4) is 0 Å². The third-order valence-corrected chi connectivity index (χ3v) is 2.17. The maximum absolute atomic E-state index is 8.71. The van der Waals surface area contributed by atoms with Gasteiger partial charge in [-0.1, -0.05) is 13.3 Å². The second kappa shape index (κ2) is 4.32. The standard InChI is InChI=1S/C4H12O2Si.ClH/c1-3-4-7(2,5)6;/h5-6H,3-4H2,1-2H3;1H. The first kappa shape index (κ1) is 11.3. The predicted molar refractivity (Wildman–Crippen MR) is 38.4 cm³/mol.